The highest BCUT2D eigenvalue weighted by Gasteiger charge is 2.16. The van der Waals surface area contributed by atoms with Gasteiger partial charge in [-0.15, -0.1) is 0 Å². The van der Waals surface area contributed by atoms with E-state index in [9.17, 15) is 19.2 Å². The second kappa shape index (κ2) is 10.1. The van der Waals surface area contributed by atoms with Gasteiger partial charge in [0.05, 0.1) is 39.9 Å². The van der Waals surface area contributed by atoms with Gasteiger partial charge in [-0.3, -0.25) is 19.2 Å². The largest absolute Gasteiger partial charge is 0.469 e. The first-order valence-corrected chi connectivity index (χ1v) is 7.51. The average molecular weight is 352 g/mol. The van der Waals surface area contributed by atoms with Crippen molar-refractivity contribution >= 4 is 23.9 Å². The van der Waals surface area contributed by atoms with Gasteiger partial charge in [0.15, 0.2) is 11.5 Å². The lowest BCUT2D eigenvalue weighted by Gasteiger charge is -2.11. The SMILES string of the molecule is COC(=O)CCC(=O)Oc1ccc(C)cc1OC(=O)CCC(=O)OC. The zero-order chi connectivity index (χ0) is 18.8. The van der Waals surface area contributed by atoms with Crippen LogP contribution in [0.4, 0.5) is 0 Å². The smallest absolute Gasteiger partial charge is 0.311 e. The van der Waals surface area contributed by atoms with E-state index in [-0.39, 0.29) is 37.2 Å². The summed E-state index contributed by atoms with van der Waals surface area (Å²) in [7, 11) is 2.44. The summed E-state index contributed by atoms with van der Waals surface area (Å²) in [6.45, 7) is 1.77. The lowest BCUT2D eigenvalue weighted by Crippen LogP contribution is -2.14. The molecule has 0 saturated carbocycles. The van der Waals surface area contributed by atoms with Crippen molar-refractivity contribution in [1.29, 1.82) is 0 Å². The summed E-state index contributed by atoms with van der Waals surface area (Å²) < 4.78 is 19.2. The van der Waals surface area contributed by atoms with Crippen LogP contribution in [0.2, 0.25) is 0 Å². The maximum Gasteiger partial charge on any atom is 0.311 e. The van der Waals surface area contributed by atoms with Gasteiger partial charge < -0.3 is 18.9 Å². The molecule has 0 fully saturated rings. The van der Waals surface area contributed by atoms with E-state index in [1.807, 2.05) is 0 Å². The molecule has 1 aromatic rings. The molecule has 0 saturated heterocycles. The van der Waals surface area contributed by atoms with Gasteiger partial charge in [0, 0.05) is 0 Å². The Balaban J connectivity index is 2.71. The van der Waals surface area contributed by atoms with Crippen molar-refractivity contribution in [3.05, 3.63) is 23.8 Å². The fraction of sp³-hybridized carbons (Fsp3) is 0.412. The second-order valence-electron chi connectivity index (χ2n) is 5.05. The predicted octanol–water partition coefficient (Wildman–Crippen LogP) is 1.71. The van der Waals surface area contributed by atoms with E-state index >= 15 is 0 Å². The molecule has 0 bridgehead atoms. The molecular weight excluding hydrogens is 332 g/mol. The number of ether oxygens (including phenoxy) is 4. The van der Waals surface area contributed by atoms with Crippen LogP contribution in [0.25, 0.3) is 0 Å². The molecule has 0 radical (unpaired) electrons. The van der Waals surface area contributed by atoms with E-state index in [0.29, 0.717) is 0 Å². The van der Waals surface area contributed by atoms with Crippen molar-refractivity contribution in [3.63, 3.8) is 0 Å². The zero-order valence-corrected chi connectivity index (χ0v) is 14.3. The molecule has 0 amide bonds. The van der Waals surface area contributed by atoms with Crippen molar-refractivity contribution in [2.75, 3.05) is 14.2 Å². The molecule has 25 heavy (non-hydrogen) atoms. The van der Waals surface area contributed by atoms with Gasteiger partial charge in [0.2, 0.25) is 0 Å². The van der Waals surface area contributed by atoms with Crippen LogP contribution >= 0.6 is 0 Å². The molecule has 8 heteroatoms. The van der Waals surface area contributed by atoms with Crippen LogP contribution in [0.3, 0.4) is 0 Å². The Kier molecular flexibility index (Phi) is 8.11. The Hall–Kier alpha value is -2.90. The number of hydrogen-bond acceptors (Lipinski definition) is 8. The summed E-state index contributed by atoms with van der Waals surface area (Å²) in [6, 6.07) is 4.68. The Bertz CT molecular complexity index is 650. The number of rotatable bonds is 8. The third kappa shape index (κ3) is 7.47. The molecule has 0 aromatic heterocycles. The summed E-state index contributed by atoms with van der Waals surface area (Å²) >= 11 is 0. The summed E-state index contributed by atoms with van der Waals surface area (Å²) in [5, 5.41) is 0. The first-order chi connectivity index (χ1) is 11.8. The minimum Gasteiger partial charge on any atom is -0.469 e. The molecular formula is C17H20O8. The highest BCUT2D eigenvalue weighted by atomic mass is 16.6. The van der Waals surface area contributed by atoms with Crippen LogP contribution in [0.5, 0.6) is 11.5 Å². The number of esters is 4. The highest BCUT2D eigenvalue weighted by Crippen LogP contribution is 2.29. The van der Waals surface area contributed by atoms with Gasteiger partial charge in [-0.1, -0.05) is 6.07 Å². The predicted molar refractivity (Wildman–Crippen MR) is 84.9 cm³/mol. The summed E-state index contributed by atoms with van der Waals surface area (Å²) in [4.78, 5) is 45.7. The van der Waals surface area contributed by atoms with Crippen LogP contribution in [0, 0.1) is 6.92 Å². The van der Waals surface area contributed by atoms with E-state index in [2.05, 4.69) is 9.47 Å². The van der Waals surface area contributed by atoms with Crippen molar-refractivity contribution in [1.82, 2.24) is 0 Å². The standard InChI is InChI=1S/C17H20O8/c1-11-4-5-12(24-16(20)8-6-14(18)22-2)13(10-11)25-17(21)9-7-15(19)23-3/h4-5,10H,6-9H2,1-3H3. The zero-order valence-electron chi connectivity index (χ0n) is 14.3. The van der Waals surface area contributed by atoms with Crippen molar-refractivity contribution < 1.29 is 38.1 Å². The number of methoxy groups -OCH3 is 2. The Labute approximate surface area is 145 Å². The third-order valence-electron chi connectivity index (χ3n) is 3.07. The summed E-state index contributed by atoms with van der Waals surface area (Å²) in [5.74, 6) is -2.29. The number of benzene rings is 1. The number of hydrogen-bond donors (Lipinski definition) is 0. The van der Waals surface area contributed by atoms with Gasteiger partial charge in [-0.25, -0.2) is 0 Å². The topological polar surface area (TPSA) is 105 Å². The molecule has 0 unspecified atom stereocenters. The normalized spacial score (nSPS) is 9.88. The molecule has 0 atom stereocenters. The fourth-order valence-corrected chi connectivity index (χ4v) is 1.74. The summed E-state index contributed by atoms with van der Waals surface area (Å²) in [6.07, 6.45) is -0.572. The van der Waals surface area contributed by atoms with E-state index in [0.717, 1.165) is 5.56 Å². The van der Waals surface area contributed by atoms with E-state index in [1.54, 1.807) is 13.0 Å². The van der Waals surface area contributed by atoms with Crippen molar-refractivity contribution in [2.45, 2.75) is 32.6 Å². The number of carbonyl (C=O) groups excluding carboxylic acids is 4. The molecule has 1 rings (SSSR count). The Morgan fingerprint density at radius 2 is 1.16 bits per heavy atom. The first-order valence-electron chi connectivity index (χ1n) is 7.51. The van der Waals surface area contributed by atoms with E-state index in [1.165, 1.54) is 26.4 Å². The maximum absolute atomic E-state index is 11.8. The van der Waals surface area contributed by atoms with Crippen LogP contribution in [0.15, 0.2) is 18.2 Å². The van der Waals surface area contributed by atoms with Crippen molar-refractivity contribution in [2.24, 2.45) is 0 Å². The van der Waals surface area contributed by atoms with E-state index in [4.69, 9.17) is 9.47 Å². The average Bonchev–Trinajstić information content (AvgIpc) is 2.59. The second-order valence-corrected chi connectivity index (χ2v) is 5.05. The Morgan fingerprint density at radius 3 is 1.64 bits per heavy atom. The number of carbonyl (C=O) groups is 4. The molecule has 0 aliphatic carbocycles. The van der Waals surface area contributed by atoms with Crippen LogP contribution in [-0.4, -0.2) is 38.1 Å². The van der Waals surface area contributed by atoms with Crippen LogP contribution in [0.1, 0.15) is 31.2 Å². The molecule has 8 nitrogen and oxygen atoms in total. The quantitative estimate of drug-likeness (QED) is 0.514. The maximum atomic E-state index is 11.8. The highest BCUT2D eigenvalue weighted by molar-refractivity contribution is 5.81. The number of aryl methyl sites for hydroxylation is 1. The van der Waals surface area contributed by atoms with Crippen molar-refractivity contribution in [3.8, 4) is 11.5 Å². The first kappa shape index (κ1) is 20.1. The van der Waals surface area contributed by atoms with Gasteiger partial charge in [-0.2, -0.15) is 0 Å². The molecule has 0 aliphatic rings. The van der Waals surface area contributed by atoms with Crippen LogP contribution < -0.4 is 9.47 Å². The molecule has 136 valence electrons. The van der Waals surface area contributed by atoms with Gasteiger partial charge in [0.1, 0.15) is 0 Å². The lowest BCUT2D eigenvalue weighted by molar-refractivity contribution is -0.145. The van der Waals surface area contributed by atoms with Gasteiger partial charge >= 0.3 is 23.9 Å². The molecule has 0 heterocycles. The fourth-order valence-electron chi connectivity index (χ4n) is 1.74. The van der Waals surface area contributed by atoms with Gasteiger partial charge in [-0.05, 0) is 24.6 Å². The van der Waals surface area contributed by atoms with Gasteiger partial charge in [0.25, 0.3) is 0 Å². The molecule has 0 spiro atoms. The van der Waals surface area contributed by atoms with Crippen LogP contribution in [-0.2, 0) is 28.7 Å². The van der Waals surface area contributed by atoms with E-state index < -0.39 is 23.9 Å². The Morgan fingerprint density at radius 1 is 0.720 bits per heavy atom. The lowest BCUT2D eigenvalue weighted by atomic mass is 10.2. The molecule has 0 aliphatic heterocycles. The minimum atomic E-state index is -0.666. The monoisotopic (exact) mass is 352 g/mol. The molecule has 0 N–H and O–H groups in total. The third-order valence-corrected chi connectivity index (χ3v) is 3.07. The minimum absolute atomic E-state index is 0.0480. The molecule has 1 aromatic carbocycles. The summed E-state index contributed by atoms with van der Waals surface area (Å²) in [5.41, 5.74) is 0.783.